The summed E-state index contributed by atoms with van der Waals surface area (Å²) < 4.78 is 22.5. The first kappa shape index (κ1) is 14.2. The highest BCUT2D eigenvalue weighted by Crippen LogP contribution is 2.18. The van der Waals surface area contributed by atoms with Gasteiger partial charge in [-0.25, -0.2) is 4.79 Å². The lowest BCUT2D eigenvalue weighted by atomic mass is 10.1. The van der Waals surface area contributed by atoms with Crippen LogP contribution in [0.1, 0.15) is 27.2 Å². The van der Waals surface area contributed by atoms with E-state index < -0.39 is 36.6 Å². The van der Waals surface area contributed by atoms with Gasteiger partial charge in [0, 0.05) is 6.42 Å². The fourth-order valence-corrected chi connectivity index (χ4v) is 1.68. The predicted octanol–water partition coefficient (Wildman–Crippen LogP) is 0.999. The van der Waals surface area contributed by atoms with Gasteiger partial charge in [0.15, 0.2) is 0 Å². The third-order valence-corrected chi connectivity index (χ3v) is 2.37. The van der Waals surface area contributed by atoms with Crippen LogP contribution in [0.5, 0.6) is 0 Å². The van der Waals surface area contributed by atoms with E-state index in [1.165, 1.54) is 0 Å². The molecule has 1 rings (SSSR count). The summed E-state index contributed by atoms with van der Waals surface area (Å²) in [6.07, 6.45) is -1.80. The average molecular weight is 249 g/mol. The number of nitrogens with one attached hydrogen (secondary N) is 1. The summed E-state index contributed by atoms with van der Waals surface area (Å²) >= 11 is 0. The number of rotatable bonds is 3. The van der Waals surface area contributed by atoms with Crippen LogP contribution in [0.15, 0.2) is 0 Å². The molecule has 0 saturated carbocycles. The van der Waals surface area contributed by atoms with Crippen LogP contribution >= 0.6 is 0 Å². The summed E-state index contributed by atoms with van der Waals surface area (Å²) in [6, 6.07) is -0.611. The zero-order valence-electron chi connectivity index (χ0n) is 10.4. The number of aliphatic hydroxyl groups excluding tert-OH is 1. The maximum Gasteiger partial charge on any atom is 0.408 e. The standard InChI is InChI=1S/C11H20FNO4/c1-11(2,3)17-10(15)13-9-7(14)6-16-8(9)4-5-12/h7-9,14H,4-6H2,1-3H3,(H,13,15)/t7-,8-,9+/m0/s1. The minimum Gasteiger partial charge on any atom is -0.444 e. The molecule has 0 bridgehead atoms. The van der Waals surface area contributed by atoms with Crippen molar-refractivity contribution >= 4 is 6.09 Å². The van der Waals surface area contributed by atoms with Crippen LogP contribution in [-0.2, 0) is 9.47 Å². The summed E-state index contributed by atoms with van der Waals surface area (Å²) in [5.74, 6) is 0. The molecule has 0 aromatic heterocycles. The number of alkyl halides is 1. The monoisotopic (exact) mass is 249 g/mol. The van der Waals surface area contributed by atoms with Crippen molar-refractivity contribution in [2.45, 2.75) is 51.0 Å². The van der Waals surface area contributed by atoms with Crippen LogP contribution in [0.2, 0.25) is 0 Å². The highest BCUT2D eigenvalue weighted by molar-refractivity contribution is 5.68. The van der Waals surface area contributed by atoms with Crippen molar-refractivity contribution in [1.82, 2.24) is 5.32 Å². The highest BCUT2D eigenvalue weighted by atomic mass is 19.1. The molecule has 0 spiro atoms. The molecule has 1 aliphatic rings. The molecule has 100 valence electrons. The van der Waals surface area contributed by atoms with Crippen LogP contribution in [0, 0.1) is 0 Å². The van der Waals surface area contributed by atoms with Crippen molar-refractivity contribution in [3.63, 3.8) is 0 Å². The Morgan fingerprint density at radius 2 is 2.24 bits per heavy atom. The van der Waals surface area contributed by atoms with E-state index in [1.54, 1.807) is 20.8 Å². The average Bonchev–Trinajstić information content (AvgIpc) is 2.47. The Morgan fingerprint density at radius 1 is 1.59 bits per heavy atom. The third kappa shape index (κ3) is 4.47. The molecule has 1 aliphatic heterocycles. The second-order valence-electron chi connectivity index (χ2n) is 5.09. The smallest absolute Gasteiger partial charge is 0.408 e. The normalized spacial score (nSPS) is 29.1. The van der Waals surface area contributed by atoms with Gasteiger partial charge in [-0.1, -0.05) is 0 Å². The first-order valence-electron chi connectivity index (χ1n) is 5.68. The van der Waals surface area contributed by atoms with E-state index in [2.05, 4.69) is 5.32 Å². The van der Waals surface area contributed by atoms with Crippen LogP contribution in [0.25, 0.3) is 0 Å². The molecular formula is C11H20FNO4. The number of carbonyl (C=O) groups is 1. The van der Waals surface area contributed by atoms with Gasteiger partial charge in [-0.3, -0.25) is 4.39 Å². The van der Waals surface area contributed by atoms with Crippen molar-refractivity contribution < 1.29 is 23.8 Å². The van der Waals surface area contributed by atoms with E-state index in [1.807, 2.05) is 0 Å². The first-order chi connectivity index (χ1) is 7.83. The largest absolute Gasteiger partial charge is 0.444 e. The number of amides is 1. The van der Waals surface area contributed by atoms with Crippen molar-refractivity contribution in [3.05, 3.63) is 0 Å². The quantitative estimate of drug-likeness (QED) is 0.783. The molecule has 1 fully saturated rings. The zero-order chi connectivity index (χ0) is 13.1. The van der Waals surface area contributed by atoms with Crippen LogP contribution in [0.3, 0.4) is 0 Å². The molecule has 0 radical (unpaired) electrons. The fourth-order valence-electron chi connectivity index (χ4n) is 1.68. The molecule has 5 nitrogen and oxygen atoms in total. The Morgan fingerprint density at radius 3 is 2.76 bits per heavy atom. The van der Waals surface area contributed by atoms with Crippen LogP contribution < -0.4 is 5.32 Å². The van der Waals surface area contributed by atoms with Gasteiger partial charge in [0.05, 0.1) is 25.4 Å². The maximum absolute atomic E-state index is 12.2. The van der Waals surface area contributed by atoms with Gasteiger partial charge in [0.25, 0.3) is 0 Å². The minimum atomic E-state index is -0.820. The Labute approximate surface area is 100 Å². The Balaban J connectivity index is 2.50. The maximum atomic E-state index is 12.2. The number of hydrogen-bond acceptors (Lipinski definition) is 4. The molecule has 0 aromatic rings. The topological polar surface area (TPSA) is 67.8 Å². The molecule has 2 N–H and O–H groups in total. The summed E-state index contributed by atoms with van der Waals surface area (Å²) in [6.45, 7) is 4.78. The second kappa shape index (κ2) is 5.64. The summed E-state index contributed by atoms with van der Waals surface area (Å²) in [5.41, 5.74) is -0.607. The summed E-state index contributed by atoms with van der Waals surface area (Å²) in [4.78, 5) is 11.5. The Hall–Kier alpha value is -0.880. The molecule has 0 aromatic carbocycles. The van der Waals surface area contributed by atoms with Crippen molar-refractivity contribution in [3.8, 4) is 0 Å². The van der Waals surface area contributed by atoms with Gasteiger partial charge in [-0.15, -0.1) is 0 Å². The van der Waals surface area contributed by atoms with Crippen LogP contribution in [-0.4, -0.2) is 48.3 Å². The molecule has 0 aliphatic carbocycles. The van der Waals surface area contributed by atoms with E-state index in [4.69, 9.17) is 9.47 Å². The minimum absolute atomic E-state index is 0.102. The zero-order valence-corrected chi connectivity index (χ0v) is 10.4. The van der Waals surface area contributed by atoms with E-state index in [9.17, 15) is 14.3 Å². The molecule has 17 heavy (non-hydrogen) atoms. The van der Waals surface area contributed by atoms with E-state index >= 15 is 0 Å². The molecule has 6 heteroatoms. The van der Waals surface area contributed by atoms with Crippen molar-refractivity contribution in [2.24, 2.45) is 0 Å². The fraction of sp³-hybridized carbons (Fsp3) is 0.909. The SMILES string of the molecule is CC(C)(C)OC(=O)N[C@H]1[C@H](CCF)OC[C@@H]1O. The van der Waals surface area contributed by atoms with Gasteiger partial charge in [0.1, 0.15) is 11.7 Å². The molecule has 1 amide bonds. The second-order valence-corrected chi connectivity index (χ2v) is 5.09. The number of halogens is 1. The third-order valence-electron chi connectivity index (χ3n) is 2.37. The Bertz CT molecular complexity index is 265. The van der Waals surface area contributed by atoms with Crippen molar-refractivity contribution in [1.29, 1.82) is 0 Å². The van der Waals surface area contributed by atoms with E-state index in [-0.39, 0.29) is 13.0 Å². The number of aliphatic hydroxyl groups is 1. The van der Waals surface area contributed by atoms with Crippen LogP contribution in [0.4, 0.5) is 9.18 Å². The van der Waals surface area contributed by atoms with Gasteiger partial charge in [0.2, 0.25) is 0 Å². The molecular weight excluding hydrogens is 229 g/mol. The number of alkyl carbamates (subject to hydrolysis) is 1. The van der Waals surface area contributed by atoms with E-state index in [0.717, 1.165) is 0 Å². The molecule has 0 unspecified atom stereocenters. The van der Waals surface area contributed by atoms with Gasteiger partial charge >= 0.3 is 6.09 Å². The van der Waals surface area contributed by atoms with Gasteiger partial charge in [-0.05, 0) is 20.8 Å². The molecule has 1 saturated heterocycles. The lowest BCUT2D eigenvalue weighted by molar-refractivity contribution is 0.0415. The summed E-state index contributed by atoms with van der Waals surface area (Å²) in [7, 11) is 0. The van der Waals surface area contributed by atoms with E-state index in [0.29, 0.717) is 0 Å². The predicted molar refractivity (Wildman–Crippen MR) is 59.5 cm³/mol. The summed E-state index contributed by atoms with van der Waals surface area (Å²) in [5, 5.41) is 12.1. The number of hydrogen-bond donors (Lipinski definition) is 2. The lowest BCUT2D eigenvalue weighted by Crippen LogP contribution is -2.48. The molecule has 3 atom stereocenters. The van der Waals surface area contributed by atoms with Crippen molar-refractivity contribution in [2.75, 3.05) is 13.3 Å². The number of ether oxygens (including phenoxy) is 2. The van der Waals surface area contributed by atoms with Gasteiger partial charge in [-0.2, -0.15) is 0 Å². The highest BCUT2D eigenvalue weighted by Gasteiger charge is 2.37. The number of carbonyl (C=O) groups excluding carboxylic acids is 1. The lowest BCUT2D eigenvalue weighted by Gasteiger charge is -2.24. The first-order valence-corrected chi connectivity index (χ1v) is 5.68. The molecule has 1 heterocycles. The van der Waals surface area contributed by atoms with Gasteiger partial charge < -0.3 is 19.9 Å². The Kier molecular flexibility index (Phi) is 4.70.